The molecule has 0 heterocycles. The molecule has 3 aromatic carbocycles. The van der Waals surface area contributed by atoms with Crippen molar-refractivity contribution < 1.29 is 28.7 Å². The van der Waals surface area contributed by atoms with E-state index in [2.05, 4.69) is 10.6 Å². The van der Waals surface area contributed by atoms with Gasteiger partial charge in [-0.25, -0.2) is 9.18 Å². The van der Waals surface area contributed by atoms with E-state index in [9.17, 15) is 28.7 Å². The van der Waals surface area contributed by atoms with Crippen LogP contribution in [0.2, 0.25) is 0 Å². The van der Waals surface area contributed by atoms with Gasteiger partial charge in [-0.2, -0.15) is 0 Å². The Kier molecular flexibility index (Phi) is 8.45. The van der Waals surface area contributed by atoms with Gasteiger partial charge in [-0.15, -0.1) is 0 Å². The van der Waals surface area contributed by atoms with Crippen LogP contribution in [-0.4, -0.2) is 40.8 Å². The number of carboxylic acid groups (broad SMARTS) is 1. The lowest BCUT2D eigenvalue weighted by atomic mass is 9.99. The molecule has 35 heavy (non-hydrogen) atoms. The van der Waals surface area contributed by atoms with Gasteiger partial charge in [0.05, 0.1) is 0 Å². The van der Waals surface area contributed by atoms with Crippen molar-refractivity contribution in [1.82, 2.24) is 10.6 Å². The maximum absolute atomic E-state index is 13.2. The van der Waals surface area contributed by atoms with E-state index in [-0.39, 0.29) is 18.6 Å². The van der Waals surface area contributed by atoms with E-state index in [0.717, 1.165) is 0 Å². The molecule has 0 aromatic heterocycles. The Morgan fingerprint density at radius 2 is 1.26 bits per heavy atom. The molecule has 0 radical (unpaired) electrons. The summed E-state index contributed by atoms with van der Waals surface area (Å²) in [6.07, 6.45) is 0.0402. The molecule has 0 unspecified atom stereocenters. The van der Waals surface area contributed by atoms with E-state index in [1.807, 2.05) is 6.07 Å². The maximum atomic E-state index is 13.2. The Hall–Kier alpha value is -4.33. The van der Waals surface area contributed by atoms with Crippen LogP contribution in [0.4, 0.5) is 4.39 Å². The third-order valence-electron chi connectivity index (χ3n) is 5.35. The first kappa shape index (κ1) is 25.3. The van der Waals surface area contributed by atoms with Crippen LogP contribution < -0.4 is 10.6 Å². The minimum atomic E-state index is -1.26. The molecule has 0 saturated heterocycles. The van der Waals surface area contributed by atoms with Crippen molar-refractivity contribution in [3.05, 3.63) is 107 Å². The summed E-state index contributed by atoms with van der Waals surface area (Å²) in [4.78, 5) is 48.9. The predicted octanol–water partition coefficient (Wildman–Crippen LogP) is 2.92. The largest absolute Gasteiger partial charge is 0.480 e. The Morgan fingerprint density at radius 3 is 1.80 bits per heavy atom. The summed E-state index contributed by atoms with van der Waals surface area (Å²) in [7, 11) is 0. The summed E-state index contributed by atoms with van der Waals surface area (Å²) in [6, 6.07) is 18.4. The van der Waals surface area contributed by atoms with Crippen LogP contribution in [-0.2, 0) is 27.2 Å². The Morgan fingerprint density at radius 1 is 0.743 bits per heavy atom. The van der Waals surface area contributed by atoms with Gasteiger partial charge in [-0.3, -0.25) is 14.4 Å². The van der Waals surface area contributed by atoms with Gasteiger partial charge >= 0.3 is 5.97 Å². The normalized spacial score (nSPS) is 12.3. The molecular weight excluding hydrogens is 451 g/mol. The standard InChI is InChI=1S/C27H25FN2O5/c1-17(31)29-23(15-19-9-13-22(28)14-10-19)26(33)30-24(27(34)35)16-18-7-11-21(12-8-18)25(32)20-5-3-2-4-6-20/h2-14,23-24H,15-16H2,1H3,(H,29,31)(H,30,33)(H,34,35)/t23-,24+/m1/s1. The molecule has 0 spiro atoms. The number of aliphatic carboxylic acids is 1. The summed E-state index contributed by atoms with van der Waals surface area (Å²) in [5.41, 5.74) is 2.21. The van der Waals surface area contributed by atoms with E-state index in [4.69, 9.17) is 0 Å². The van der Waals surface area contributed by atoms with Crippen LogP contribution in [0.1, 0.15) is 34.0 Å². The number of amides is 2. The van der Waals surface area contributed by atoms with Crippen molar-refractivity contribution in [2.24, 2.45) is 0 Å². The summed E-state index contributed by atoms with van der Waals surface area (Å²) < 4.78 is 13.2. The maximum Gasteiger partial charge on any atom is 0.326 e. The smallest absolute Gasteiger partial charge is 0.326 e. The first-order chi connectivity index (χ1) is 16.7. The fourth-order valence-electron chi connectivity index (χ4n) is 3.57. The Bertz CT molecular complexity index is 1190. The highest BCUT2D eigenvalue weighted by molar-refractivity contribution is 6.08. The lowest BCUT2D eigenvalue weighted by Gasteiger charge is -2.21. The van der Waals surface area contributed by atoms with E-state index >= 15 is 0 Å². The molecule has 8 heteroatoms. The molecule has 2 atom stereocenters. The lowest BCUT2D eigenvalue weighted by molar-refractivity contribution is -0.142. The zero-order chi connectivity index (χ0) is 25.4. The van der Waals surface area contributed by atoms with Crippen LogP contribution in [0.15, 0.2) is 78.9 Å². The number of ketones is 1. The number of rotatable bonds is 10. The number of hydrogen-bond donors (Lipinski definition) is 3. The Labute approximate surface area is 202 Å². The molecule has 0 saturated carbocycles. The average Bonchev–Trinajstić information content (AvgIpc) is 2.84. The number of carbonyl (C=O) groups excluding carboxylic acids is 3. The molecule has 3 rings (SSSR count). The second-order valence-corrected chi connectivity index (χ2v) is 8.08. The van der Waals surface area contributed by atoms with Gasteiger partial charge in [0.15, 0.2) is 5.78 Å². The number of hydrogen-bond acceptors (Lipinski definition) is 4. The number of benzene rings is 3. The molecule has 3 N–H and O–H groups in total. The number of carbonyl (C=O) groups is 4. The summed E-state index contributed by atoms with van der Waals surface area (Å²) >= 11 is 0. The minimum Gasteiger partial charge on any atom is -0.480 e. The predicted molar refractivity (Wildman–Crippen MR) is 127 cm³/mol. The van der Waals surface area contributed by atoms with Crippen LogP contribution >= 0.6 is 0 Å². The number of carboxylic acids is 1. The molecule has 2 amide bonds. The van der Waals surface area contributed by atoms with Crippen molar-refractivity contribution in [3.8, 4) is 0 Å². The Balaban J connectivity index is 1.69. The average molecular weight is 477 g/mol. The highest BCUT2D eigenvalue weighted by atomic mass is 19.1. The zero-order valence-corrected chi connectivity index (χ0v) is 19.0. The van der Waals surface area contributed by atoms with Crippen molar-refractivity contribution in [2.75, 3.05) is 0 Å². The van der Waals surface area contributed by atoms with E-state index < -0.39 is 35.7 Å². The quantitative estimate of drug-likeness (QED) is 0.390. The third-order valence-corrected chi connectivity index (χ3v) is 5.35. The van der Waals surface area contributed by atoms with E-state index in [1.54, 1.807) is 48.5 Å². The SMILES string of the molecule is CC(=O)N[C@H](Cc1ccc(F)cc1)C(=O)N[C@@H](Cc1ccc(C(=O)c2ccccc2)cc1)C(=O)O. The molecule has 0 bridgehead atoms. The summed E-state index contributed by atoms with van der Waals surface area (Å²) in [5.74, 6) is -2.97. The van der Waals surface area contributed by atoms with Crippen molar-refractivity contribution in [2.45, 2.75) is 31.8 Å². The van der Waals surface area contributed by atoms with Crippen LogP contribution in [0.3, 0.4) is 0 Å². The fraction of sp³-hybridized carbons (Fsp3) is 0.185. The molecule has 0 aliphatic heterocycles. The molecule has 0 aliphatic carbocycles. The van der Waals surface area contributed by atoms with Crippen molar-refractivity contribution in [1.29, 1.82) is 0 Å². The van der Waals surface area contributed by atoms with Gasteiger partial charge in [0.2, 0.25) is 11.8 Å². The second-order valence-electron chi connectivity index (χ2n) is 8.08. The van der Waals surface area contributed by atoms with E-state index in [1.165, 1.54) is 31.2 Å². The number of halogens is 1. The fourth-order valence-corrected chi connectivity index (χ4v) is 3.57. The topological polar surface area (TPSA) is 113 Å². The highest BCUT2D eigenvalue weighted by Crippen LogP contribution is 2.13. The zero-order valence-electron chi connectivity index (χ0n) is 19.0. The van der Waals surface area contributed by atoms with Gasteiger partial charge < -0.3 is 15.7 Å². The second kappa shape index (κ2) is 11.7. The van der Waals surface area contributed by atoms with Gasteiger partial charge in [-0.05, 0) is 23.3 Å². The van der Waals surface area contributed by atoms with Crippen molar-refractivity contribution in [3.63, 3.8) is 0 Å². The molecule has 0 fully saturated rings. The van der Waals surface area contributed by atoms with Gasteiger partial charge in [0.25, 0.3) is 0 Å². The first-order valence-corrected chi connectivity index (χ1v) is 11.0. The van der Waals surface area contributed by atoms with Gasteiger partial charge in [-0.1, -0.05) is 66.7 Å². The molecule has 0 aliphatic rings. The van der Waals surface area contributed by atoms with Crippen LogP contribution in [0, 0.1) is 5.82 Å². The van der Waals surface area contributed by atoms with Crippen LogP contribution in [0.5, 0.6) is 0 Å². The third kappa shape index (κ3) is 7.33. The molecule has 3 aromatic rings. The number of nitrogens with one attached hydrogen (secondary N) is 2. The first-order valence-electron chi connectivity index (χ1n) is 11.0. The summed E-state index contributed by atoms with van der Waals surface area (Å²) in [6.45, 7) is 1.25. The lowest BCUT2D eigenvalue weighted by Crippen LogP contribution is -2.52. The van der Waals surface area contributed by atoms with Gasteiger partial charge in [0.1, 0.15) is 17.9 Å². The summed E-state index contributed by atoms with van der Waals surface area (Å²) in [5, 5.41) is 14.6. The monoisotopic (exact) mass is 476 g/mol. The van der Waals surface area contributed by atoms with Gasteiger partial charge in [0, 0.05) is 30.9 Å². The molecular formula is C27H25FN2O5. The van der Waals surface area contributed by atoms with Crippen molar-refractivity contribution >= 4 is 23.6 Å². The minimum absolute atomic E-state index is 0.0236. The molecule has 180 valence electrons. The van der Waals surface area contributed by atoms with Crippen LogP contribution in [0.25, 0.3) is 0 Å². The van der Waals surface area contributed by atoms with E-state index in [0.29, 0.717) is 22.3 Å². The highest BCUT2D eigenvalue weighted by Gasteiger charge is 2.26. The molecule has 7 nitrogen and oxygen atoms in total.